The lowest BCUT2D eigenvalue weighted by Crippen LogP contribution is -2.47. The van der Waals surface area contributed by atoms with Gasteiger partial charge in [-0.1, -0.05) is 0 Å². The maximum Gasteiger partial charge on any atom is 0.143 e. The minimum Gasteiger partial charge on any atom is -0.380 e. The number of nitrogens with one attached hydrogen (secondary N) is 1. The maximum absolute atomic E-state index is 6.09. The van der Waals surface area contributed by atoms with E-state index in [1.54, 1.807) is 7.11 Å². The lowest BCUT2D eigenvalue weighted by atomic mass is 9.98. The van der Waals surface area contributed by atoms with Gasteiger partial charge in [0.15, 0.2) is 0 Å². The normalized spacial score (nSPS) is 28.7. The van der Waals surface area contributed by atoms with Crippen molar-refractivity contribution in [3.63, 3.8) is 0 Å². The Morgan fingerprint density at radius 1 is 1.45 bits per heavy atom. The van der Waals surface area contributed by atoms with Crippen molar-refractivity contribution < 1.29 is 4.74 Å². The molecule has 4 rings (SSSR count). The SMILES string of the molecule is COC1CN(c2nc(C3CC3)nc3[nH]ccc23)C(C)(CN)C1. The van der Waals surface area contributed by atoms with Gasteiger partial charge in [0.1, 0.15) is 17.3 Å². The van der Waals surface area contributed by atoms with Gasteiger partial charge < -0.3 is 20.4 Å². The Labute approximate surface area is 130 Å². The molecule has 0 spiro atoms. The van der Waals surface area contributed by atoms with E-state index in [1.807, 2.05) is 6.20 Å². The predicted octanol–water partition coefficient (Wildman–Crippen LogP) is 1.78. The Kier molecular flexibility index (Phi) is 3.13. The van der Waals surface area contributed by atoms with Crippen LogP contribution in [-0.2, 0) is 4.74 Å². The number of ether oxygens (including phenoxy) is 1. The molecule has 1 saturated heterocycles. The number of aromatic nitrogens is 3. The molecule has 3 N–H and O–H groups in total. The molecule has 2 unspecified atom stereocenters. The number of hydrogen-bond acceptors (Lipinski definition) is 5. The maximum atomic E-state index is 6.09. The van der Waals surface area contributed by atoms with Crippen LogP contribution in [0.1, 0.15) is 37.9 Å². The van der Waals surface area contributed by atoms with Gasteiger partial charge in [-0.25, -0.2) is 9.97 Å². The minimum absolute atomic E-state index is 0.125. The summed E-state index contributed by atoms with van der Waals surface area (Å²) in [5, 5.41) is 1.07. The number of rotatable bonds is 4. The van der Waals surface area contributed by atoms with Crippen LogP contribution in [0.25, 0.3) is 11.0 Å². The Bertz CT molecular complexity index is 695. The van der Waals surface area contributed by atoms with Gasteiger partial charge in [-0.15, -0.1) is 0 Å². The van der Waals surface area contributed by atoms with Crippen LogP contribution in [-0.4, -0.2) is 46.8 Å². The molecule has 2 atom stereocenters. The van der Waals surface area contributed by atoms with Crippen LogP contribution < -0.4 is 10.6 Å². The average molecular weight is 301 g/mol. The first-order valence-electron chi connectivity index (χ1n) is 8.00. The molecule has 2 fully saturated rings. The summed E-state index contributed by atoms with van der Waals surface area (Å²) in [6.07, 6.45) is 5.45. The molecule has 1 aliphatic heterocycles. The molecule has 22 heavy (non-hydrogen) atoms. The molecular weight excluding hydrogens is 278 g/mol. The number of anilines is 1. The lowest BCUT2D eigenvalue weighted by molar-refractivity contribution is 0.114. The highest BCUT2D eigenvalue weighted by Gasteiger charge is 2.43. The van der Waals surface area contributed by atoms with Gasteiger partial charge >= 0.3 is 0 Å². The first-order valence-corrected chi connectivity index (χ1v) is 8.00. The molecule has 3 heterocycles. The monoisotopic (exact) mass is 301 g/mol. The Morgan fingerprint density at radius 3 is 2.95 bits per heavy atom. The zero-order valence-electron chi connectivity index (χ0n) is 13.2. The van der Waals surface area contributed by atoms with Crippen molar-refractivity contribution >= 4 is 16.9 Å². The second-order valence-electron chi connectivity index (χ2n) is 6.79. The van der Waals surface area contributed by atoms with Gasteiger partial charge in [0.05, 0.1) is 17.0 Å². The van der Waals surface area contributed by atoms with Gasteiger partial charge in [-0.05, 0) is 32.3 Å². The third kappa shape index (κ3) is 2.09. The van der Waals surface area contributed by atoms with E-state index in [1.165, 1.54) is 12.8 Å². The average Bonchev–Trinajstić information content (AvgIpc) is 3.17. The lowest BCUT2D eigenvalue weighted by Gasteiger charge is -2.35. The summed E-state index contributed by atoms with van der Waals surface area (Å²) in [5.74, 6) is 2.49. The summed E-state index contributed by atoms with van der Waals surface area (Å²) in [7, 11) is 1.77. The third-order valence-electron chi connectivity index (χ3n) is 5.09. The second kappa shape index (κ2) is 4.93. The van der Waals surface area contributed by atoms with E-state index >= 15 is 0 Å². The van der Waals surface area contributed by atoms with Crippen molar-refractivity contribution in [2.75, 3.05) is 25.1 Å². The van der Waals surface area contributed by atoms with Gasteiger partial charge in [-0.3, -0.25) is 0 Å². The van der Waals surface area contributed by atoms with Crippen molar-refractivity contribution in [3.05, 3.63) is 18.1 Å². The summed E-state index contributed by atoms with van der Waals surface area (Å²) in [4.78, 5) is 15.2. The van der Waals surface area contributed by atoms with E-state index in [2.05, 4.69) is 27.9 Å². The smallest absolute Gasteiger partial charge is 0.143 e. The third-order valence-corrected chi connectivity index (χ3v) is 5.09. The van der Waals surface area contributed by atoms with Gasteiger partial charge in [0, 0.05) is 32.3 Å². The molecular formula is C16H23N5O. The molecule has 0 aromatic carbocycles. The van der Waals surface area contributed by atoms with Gasteiger partial charge in [0.25, 0.3) is 0 Å². The Morgan fingerprint density at radius 2 is 2.27 bits per heavy atom. The molecule has 0 bridgehead atoms. The minimum atomic E-state index is -0.125. The highest BCUT2D eigenvalue weighted by atomic mass is 16.5. The highest BCUT2D eigenvalue weighted by Crippen LogP contribution is 2.42. The van der Waals surface area contributed by atoms with E-state index in [0.29, 0.717) is 12.5 Å². The Hall–Kier alpha value is -1.66. The van der Waals surface area contributed by atoms with Crippen LogP contribution in [0.5, 0.6) is 0 Å². The molecule has 2 aliphatic rings. The fraction of sp³-hybridized carbons (Fsp3) is 0.625. The molecule has 6 heteroatoms. The molecule has 6 nitrogen and oxygen atoms in total. The topological polar surface area (TPSA) is 80.1 Å². The molecule has 2 aromatic heterocycles. The van der Waals surface area contributed by atoms with Crippen LogP contribution in [0, 0.1) is 0 Å². The van der Waals surface area contributed by atoms with Crippen LogP contribution in [0.4, 0.5) is 5.82 Å². The number of nitrogens with two attached hydrogens (primary N) is 1. The van der Waals surface area contributed by atoms with Crippen LogP contribution in [0.3, 0.4) is 0 Å². The highest BCUT2D eigenvalue weighted by molar-refractivity contribution is 5.88. The quantitative estimate of drug-likeness (QED) is 0.900. The molecule has 1 saturated carbocycles. The van der Waals surface area contributed by atoms with E-state index in [0.717, 1.165) is 35.6 Å². The summed E-state index contributed by atoms with van der Waals surface area (Å²) in [6.45, 7) is 3.61. The van der Waals surface area contributed by atoms with Crippen molar-refractivity contribution in [2.45, 2.75) is 43.7 Å². The van der Waals surface area contributed by atoms with Crippen LogP contribution in [0.15, 0.2) is 12.3 Å². The van der Waals surface area contributed by atoms with Crippen molar-refractivity contribution in [3.8, 4) is 0 Å². The summed E-state index contributed by atoms with van der Waals surface area (Å²) < 4.78 is 5.60. The fourth-order valence-electron chi connectivity index (χ4n) is 3.45. The van der Waals surface area contributed by atoms with Crippen molar-refractivity contribution in [1.29, 1.82) is 0 Å². The van der Waals surface area contributed by atoms with E-state index in [9.17, 15) is 0 Å². The predicted molar refractivity (Wildman–Crippen MR) is 86.1 cm³/mol. The number of hydrogen-bond donors (Lipinski definition) is 2. The second-order valence-corrected chi connectivity index (χ2v) is 6.79. The number of nitrogens with zero attached hydrogens (tertiary/aromatic N) is 3. The van der Waals surface area contributed by atoms with Crippen molar-refractivity contribution in [1.82, 2.24) is 15.0 Å². The van der Waals surface area contributed by atoms with Gasteiger partial charge in [0.2, 0.25) is 0 Å². The number of H-pyrrole nitrogens is 1. The first-order chi connectivity index (χ1) is 10.6. The van der Waals surface area contributed by atoms with E-state index < -0.39 is 0 Å². The standard InChI is InChI=1S/C16H23N5O/c1-16(9-17)7-11(22-2)8-21(16)15-12-5-6-18-14(12)19-13(20-15)10-3-4-10/h5-6,10-11H,3-4,7-9,17H2,1-2H3,(H,18,19,20). The largest absolute Gasteiger partial charge is 0.380 e. The Balaban J connectivity index is 1.83. The number of fused-ring (bicyclic) bond motifs is 1. The summed E-state index contributed by atoms with van der Waals surface area (Å²) in [6, 6.07) is 2.05. The van der Waals surface area contributed by atoms with Crippen LogP contribution >= 0.6 is 0 Å². The van der Waals surface area contributed by atoms with E-state index in [-0.39, 0.29) is 11.6 Å². The molecule has 1 aliphatic carbocycles. The van der Waals surface area contributed by atoms with Gasteiger partial charge in [-0.2, -0.15) is 0 Å². The molecule has 2 aromatic rings. The summed E-state index contributed by atoms with van der Waals surface area (Å²) in [5.41, 5.74) is 6.89. The molecule has 118 valence electrons. The first kappa shape index (κ1) is 14.0. The van der Waals surface area contributed by atoms with E-state index in [4.69, 9.17) is 15.5 Å². The fourth-order valence-corrected chi connectivity index (χ4v) is 3.45. The van der Waals surface area contributed by atoms with Crippen LogP contribution in [0.2, 0.25) is 0 Å². The summed E-state index contributed by atoms with van der Waals surface area (Å²) >= 11 is 0. The number of methoxy groups -OCH3 is 1. The number of aromatic amines is 1. The zero-order chi connectivity index (χ0) is 15.3. The zero-order valence-corrected chi connectivity index (χ0v) is 13.2. The molecule has 0 radical (unpaired) electrons. The van der Waals surface area contributed by atoms with Crippen molar-refractivity contribution in [2.24, 2.45) is 5.73 Å². The molecule has 0 amide bonds.